The maximum Gasteiger partial charge on any atom is 0.449 e. The normalized spacial score (nSPS) is 11.8. The van der Waals surface area contributed by atoms with Gasteiger partial charge in [0.15, 0.2) is 5.16 Å². The first-order valence-electron chi connectivity index (χ1n) is 6.77. The average Bonchev–Trinajstić information content (AvgIpc) is 3.19. The second-order valence-corrected chi connectivity index (χ2v) is 5.79. The monoisotopic (exact) mass is 356 g/mol. The zero-order valence-electron chi connectivity index (χ0n) is 12.0. The van der Waals surface area contributed by atoms with E-state index >= 15 is 0 Å². The number of rotatable bonds is 5. The molecule has 3 N–H and O–H groups in total. The standard InChI is InChI=1S/C13H11F3N6OS/c14-13(15,16)11-20-8-2-1-7(5-9(8)21-11)10(23)17-3-4-24-12-18-6-19-22-12/h1-2,5-6H,3-4H2,(H,17,23)(H,20,21)(H,18,19,22). The number of nitrogens with zero attached hydrogens (tertiary/aromatic N) is 3. The number of H-pyrrole nitrogens is 2. The van der Waals surface area contributed by atoms with E-state index in [1.54, 1.807) is 0 Å². The summed E-state index contributed by atoms with van der Waals surface area (Å²) in [5.41, 5.74) is 0.565. The minimum atomic E-state index is -4.56. The average molecular weight is 356 g/mol. The van der Waals surface area contributed by atoms with Gasteiger partial charge in [-0.1, -0.05) is 11.8 Å². The lowest BCUT2D eigenvalue weighted by Gasteiger charge is -2.04. The summed E-state index contributed by atoms with van der Waals surface area (Å²) in [5, 5.41) is 9.70. The second kappa shape index (κ2) is 6.51. The third-order valence-electron chi connectivity index (χ3n) is 3.03. The van der Waals surface area contributed by atoms with Crippen LogP contribution in [-0.4, -0.2) is 43.4 Å². The molecule has 7 nitrogen and oxygen atoms in total. The molecule has 2 aromatic heterocycles. The first kappa shape index (κ1) is 16.3. The van der Waals surface area contributed by atoms with Crippen LogP contribution in [0.2, 0.25) is 0 Å². The van der Waals surface area contributed by atoms with Gasteiger partial charge in [-0.05, 0) is 18.2 Å². The Morgan fingerprint density at radius 2 is 2.17 bits per heavy atom. The van der Waals surface area contributed by atoms with Crippen LogP contribution in [-0.2, 0) is 6.18 Å². The van der Waals surface area contributed by atoms with Gasteiger partial charge >= 0.3 is 6.18 Å². The van der Waals surface area contributed by atoms with Crippen LogP contribution in [0.4, 0.5) is 13.2 Å². The minimum Gasteiger partial charge on any atom is -0.351 e. The first-order valence-corrected chi connectivity index (χ1v) is 7.75. The van der Waals surface area contributed by atoms with Gasteiger partial charge in [0.1, 0.15) is 6.33 Å². The highest BCUT2D eigenvalue weighted by atomic mass is 32.2. The van der Waals surface area contributed by atoms with E-state index in [2.05, 4.69) is 30.5 Å². The molecule has 0 radical (unpaired) electrons. The van der Waals surface area contributed by atoms with Gasteiger partial charge in [0.05, 0.1) is 11.0 Å². The Kier molecular flexibility index (Phi) is 4.42. The number of hydrogen-bond acceptors (Lipinski definition) is 5. The Morgan fingerprint density at radius 1 is 1.33 bits per heavy atom. The molecule has 0 aliphatic rings. The first-order chi connectivity index (χ1) is 11.4. The van der Waals surface area contributed by atoms with E-state index in [0.29, 0.717) is 17.5 Å². The lowest BCUT2D eigenvalue weighted by atomic mass is 10.2. The topological polar surface area (TPSA) is 99.3 Å². The van der Waals surface area contributed by atoms with Crippen molar-refractivity contribution in [2.75, 3.05) is 12.3 Å². The largest absolute Gasteiger partial charge is 0.449 e. The Bertz CT molecular complexity index is 845. The highest BCUT2D eigenvalue weighted by Crippen LogP contribution is 2.28. The molecule has 0 unspecified atom stereocenters. The van der Waals surface area contributed by atoms with Crippen LogP contribution in [0, 0.1) is 0 Å². The van der Waals surface area contributed by atoms with Crippen LogP contribution in [0.1, 0.15) is 16.2 Å². The van der Waals surface area contributed by atoms with Crippen LogP contribution in [0.3, 0.4) is 0 Å². The fourth-order valence-electron chi connectivity index (χ4n) is 1.96. The fourth-order valence-corrected chi connectivity index (χ4v) is 2.60. The maximum absolute atomic E-state index is 12.6. The highest BCUT2D eigenvalue weighted by Gasteiger charge is 2.34. The van der Waals surface area contributed by atoms with E-state index in [-0.39, 0.29) is 22.5 Å². The SMILES string of the molecule is O=C(NCCSc1ncn[nH]1)c1ccc2nc(C(F)(F)F)[nH]c2c1. The number of aromatic amines is 2. The molecule has 0 atom stereocenters. The number of hydrogen-bond donors (Lipinski definition) is 3. The zero-order valence-corrected chi connectivity index (χ0v) is 12.8. The number of imidazole rings is 1. The number of thioether (sulfide) groups is 1. The maximum atomic E-state index is 12.6. The predicted molar refractivity (Wildman–Crippen MR) is 80.5 cm³/mol. The van der Waals surface area contributed by atoms with Crippen LogP contribution >= 0.6 is 11.8 Å². The van der Waals surface area contributed by atoms with E-state index in [9.17, 15) is 18.0 Å². The molecule has 126 valence electrons. The van der Waals surface area contributed by atoms with Crippen LogP contribution in [0.25, 0.3) is 11.0 Å². The van der Waals surface area contributed by atoms with Gasteiger partial charge in [0.25, 0.3) is 5.91 Å². The van der Waals surface area contributed by atoms with Gasteiger partial charge in [-0.3, -0.25) is 9.89 Å². The number of alkyl halides is 3. The molecule has 11 heteroatoms. The number of benzene rings is 1. The Labute approximate surface area is 137 Å². The molecule has 3 aromatic rings. The van der Waals surface area contributed by atoms with E-state index in [1.807, 2.05) is 0 Å². The number of aromatic nitrogens is 5. The van der Waals surface area contributed by atoms with Crippen LogP contribution in [0.15, 0.2) is 29.7 Å². The van der Waals surface area contributed by atoms with E-state index < -0.39 is 12.0 Å². The van der Waals surface area contributed by atoms with Gasteiger partial charge in [-0.15, -0.1) is 0 Å². The third kappa shape index (κ3) is 3.67. The molecule has 3 rings (SSSR count). The second-order valence-electron chi connectivity index (χ2n) is 4.71. The Morgan fingerprint density at radius 3 is 2.88 bits per heavy atom. The molecule has 1 aromatic carbocycles. The van der Waals surface area contributed by atoms with Gasteiger partial charge in [0, 0.05) is 17.9 Å². The number of carbonyl (C=O) groups is 1. The van der Waals surface area contributed by atoms with Crippen molar-refractivity contribution in [3.05, 3.63) is 35.9 Å². The molecule has 0 aliphatic heterocycles. The number of fused-ring (bicyclic) bond motifs is 1. The zero-order chi connectivity index (χ0) is 17.2. The van der Waals surface area contributed by atoms with Crippen LogP contribution in [0.5, 0.6) is 0 Å². The van der Waals surface area contributed by atoms with Crippen molar-refractivity contribution >= 4 is 28.7 Å². The van der Waals surface area contributed by atoms with Gasteiger partial charge in [-0.25, -0.2) is 9.97 Å². The summed E-state index contributed by atoms with van der Waals surface area (Å²) in [6.45, 7) is 0.374. The summed E-state index contributed by atoms with van der Waals surface area (Å²) in [7, 11) is 0. The summed E-state index contributed by atoms with van der Waals surface area (Å²) in [5.74, 6) is -0.886. The number of nitrogens with one attached hydrogen (secondary N) is 3. The summed E-state index contributed by atoms with van der Waals surface area (Å²) in [4.78, 5) is 21.6. The van der Waals surface area contributed by atoms with Crippen molar-refractivity contribution in [3.63, 3.8) is 0 Å². The highest BCUT2D eigenvalue weighted by molar-refractivity contribution is 7.99. The van der Waals surface area contributed by atoms with Crippen molar-refractivity contribution in [2.45, 2.75) is 11.3 Å². The van der Waals surface area contributed by atoms with Crippen molar-refractivity contribution < 1.29 is 18.0 Å². The summed E-state index contributed by atoms with van der Waals surface area (Å²) < 4.78 is 37.9. The van der Waals surface area contributed by atoms with Crippen LogP contribution < -0.4 is 5.32 Å². The van der Waals surface area contributed by atoms with Gasteiger partial charge in [0.2, 0.25) is 5.82 Å². The molecule has 1 amide bonds. The van der Waals surface area contributed by atoms with Crippen molar-refractivity contribution in [1.29, 1.82) is 0 Å². The molecule has 0 saturated carbocycles. The number of carbonyl (C=O) groups excluding carboxylic acids is 1. The lowest BCUT2D eigenvalue weighted by molar-refractivity contribution is -0.144. The molecule has 0 bridgehead atoms. The van der Waals surface area contributed by atoms with Crippen molar-refractivity contribution in [2.24, 2.45) is 0 Å². The van der Waals surface area contributed by atoms with Crippen molar-refractivity contribution in [3.8, 4) is 0 Å². The predicted octanol–water partition coefficient (Wildman–Crippen LogP) is 2.22. The van der Waals surface area contributed by atoms with Gasteiger partial charge < -0.3 is 10.3 Å². The summed E-state index contributed by atoms with van der Waals surface area (Å²) in [6.07, 6.45) is -3.17. The molecular formula is C13H11F3N6OS. The molecular weight excluding hydrogens is 345 g/mol. The Balaban J connectivity index is 1.62. The quantitative estimate of drug-likeness (QED) is 0.481. The van der Waals surface area contributed by atoms with Crippen molar-refractivity contribution in [1.82, 2.24) is 30.5 Å². The smallest absolute Gasteiger partial charge is 0.351 e. The van der Waals surface area contributed by atoms with Gasteiger partial charge in [-0.2, -0.15) is 18.3 Å². The van der Waals surface area contributed by atoms with E-state index in [4.69, 9.17) is 0 Å². The third-order valence-corrected chi connectivity index (χ3v) is 3.91. The molecule has 24 heavy (non-hydrogen) atoms. The molecule has 0 spiro atoms. The summed E-state index contributed by atoms with van der Waals surface area (Å²) in [6, 6.07) is 4.15. The van der Waals surface area contributed by atoms with E-state index in [1.165, 1.54) is 36.3 Å². The lowest BCUT2D eigenvalue weighted by Crippen LogP contribution is -2.25. The molecule has 2 heterocycles. The number of amides is 1. The number of halogens is 3. The minimum absolute atomic E-state index is 0.153. The molecule has 0 fully saturated rings. The molecule has 0 saturated heterocycles. The van der Waals surface area contributed by atoms with E-state index in [0.717, 1.165) is 0 Å². The summed E-state index contributed by atoms with van der Waals surface area (Å²) >= 11 is 1.39. The fraction of sp³-hybridized carbons (Fsp3) is 0.231. The molecule has 0 aliphatic carbocycles. The Hall–Kier alpha value is -2.56.